The lowest BCUT2D eigenvalue weighted by Gasteiger charge is -2.11. The summed E-state index contributed by atoms with van der Waals surface area (Å²) < 4.78 is 5.29. The van der Waals surface area contributed by atoms with Gasteiger partial charge in [-0.1, -0.05) is 47.5 Å². The van der Waals surface area contributed by atoms with Crippen LogP contribution in [0.3, 0.4) is 0 Å². The van der Waals surface area contributed by atoms with E-state index in [4.69, 9.17) is 4.42 Å². The number of hydrogen-bond donors (Lipinski definition) is 2. The van der Waals surface area contributed by atoms with E-state index in [0.717, 1.165) is 16.7 Å². The molecule has 2 aromatic carbocycles. The molecule has 0 unspecified atom stereocenters. The second-order valence-electron chi connectivity index (χ2n) is 6.56. The summed E-state index contributed by atoms with van der Waals surface area (Å²) in [5, 5.41) is 5.52. The molecule has 0 saturated carbocycles. The highest BCUT2D eigenvalue weighted by atomic mass is 16.3. The molecule has 0 atom stereocenters. The average molecular weight is 374 g/mol. The summed E-state index contributed by atoms with van der Waals surface area (Å²) in [6.07, 6.45) is 3.02. The number of rotatable bonds is 6. The Morgan fingerprint density at radius 3 is 2.18 bits per heavy atom. The maximum Gasteiger partial charge on any atom is 0.268 e. The molecular formula is C23H22N2O3. The standard InChI is InChI=1S/C23H22N2O3/c1-16-5-9-18(10-6-16)15-24-23(27)21(14-20-4-3-13-28-20)25-22(26)19-11-7-17(2)8-12-19/h3-14H,15H2,1-2H3,(H,24,27)(H,25,26)/b21-14-. The second kappa shape index (κ2) is 8.86. The van der Waals surface area contributed by atoms with E-state index in [1.165, 1.54) is 12.3 Å². The molecule has 142 valence electrons. The van der Waals surface area contributed by atoms with E-state index in [2.05, 4.69) is 10.6 Å². The number of amides is 2. The van der Waals surface area contributed by atoms with Crippen LogP contribution < -0.4 is 10.6 Å². The molecule has 28 heavy (non-hydrogen) atoms. The highest BCUT2D eigenvalue weighted by molar-refractivity contribution is 6.05. The third-order valence-electron chi connectivity index (χ3n) is 4.21. The zero-order chi connectivity index (χ0) is 19.9. The Morgan fingerprint density at radius 1 is 0.929 bits per heavy atom. The molecule has 3 rings (SSSR count). The molecule has 0 radical (unpaired) electrons. The van der Waals surface area contributed by atoms with Gasteiger partial charge in [-0.15, -0.1) is 0 Å². The van der Waals surface area contributed by atoms with Gasteiger partial charge in [0.15, 0.2) is 0 Å². The molecule has 2 N–H and O–H groups in total. The maximum atomic E-state index is 12.7. The predicted molar refractivity (Wildman–Crippen MR) is 108 cm³/mol. The zero-order valence-corrected chi connectivity index (χ0v) is 15.9. The third-order valence-corrected chi connectivity index (χ3v) is 4.21. The van der Waals surface area contributed by atoms with Crippen LogP contribution in [0.15, 0.2) is 77.0 Å². The molecule has 0 fully saturated rings. The fourth-order valence-corrected chi connectivity index (χ4v) is 2.56. The summed E-state index contributed by atoms with van der Waals surface area (Å²) in [6.45, 7) is 4.31. The zero-order valence-electron chi connectivity index (χ0n) is 15.9. The summed E-state index contributed by atoms with van der Waals surface area (Å²) in [5.41, 5.74) is 3.77. The van der Waals surface area contributed by atoms with E-state index < -0.39 is 5.91 Å². The molecule has 5 nitrogen and oxygen atoms in total. The minimum absolute atomic E-state index is 0.118. The van der Waals surface area contributed by atoms with E-state index in [1.807, 2.05) is 50.2 Å². The van der Waals surface area contributed by atoms with Crippen LogP contribution in [-0.2, 0) is 11.3 Å². The van der Waals surface area contributed by atoms with E-state index in [1.54, 1.807) is 24.3 Å². The first-order valence-electron chi connectivity index (χ1n) is 8.98. The molecule has 2 amide bonds. The van der Waals surface area contributed by atoms with Crippen LogP contribution in [0.5, 0.6) is 0 Å². The molecule has 0 aliphatic rings. The van der Waals surface area contributed by atoms with E-state index >= 15 is 0 Å². The van der Waals surface area contributed by atoms with Crippen LogP contribution in [-0.4, -0.2) is 11.8 Å². The molecule has 0 aliphatic heterocycles. The highest BCUT2D eigenvalue weighted by Crippen LogP contribution is 2.09. The Kier molecular flexibility index (Phi) is 6.07. The minimum Gasteiger partial charge on any atom is -0.465 e. The van der Waals surface area contributed by atoms with Crippen LogP contribution in [0.2, 0.25) is 0 Å². The lowest BCUT2D eigenvalue weighted by atomic mass is 10.1. The third kappa shape index (κ3) is 5.20. The van der Waals surface area contributed by atoms with E-state index in [9.17, 15) is 9.59 Å². The first kappa shape index (κ1) is 19.2. The van der Waals surface area contributed by atoms with Crippen molar-refractivity contribution in [1.29, 1.82) is 0 Å². The van der Waals surface area contributed by atoms with Crippen molar-refractivity contribution in [3.8, 4) is 0 Å². The van der Waals surface area contributed by atoms with Gasteiger partial charge < -0.3 is 15.1 Å². The van der Waals surface area contributed by atoms with Gasteiger partial charge in [0.1, 0.15) is 11.5 Å². The number of aryl methyl sites for hydroxylation is 2. The number of furan rings is 1. The molecule has 0 spiro atoms. The molecular weight excluding hydrogens is 352 g/mol. The lowest BCUT2D eigenvalue weighted by Crippen LogP contribution is -2.34. The highest BCUT2D eigenvalue weighted by Gasteiger charge is 2.15. The van der Waals surface area contributed by atoms with Crippen molar-refractivity contribution in [3.63, 3.8) is 0 Å². The monoisotopic (exact) mass is 374 g/mol. The number of carbonyl (C=O) groups excluding carboxylic acids is 2. The van der Waals surface area contributed by atoms with Gasteiger partial charge in [-0.25, -0.2) is 0 Å². The van der Waals surface area contributed by atoms with Gasteiger partial charge in [0.05, 0.1) is 6.26 Å². The smallest absolute Gasteiger partial charge is 0.268 e. The molecule has 1 heterocycles. The van der Waals surface area contributed by atoms with E-state index in [-0.39, 0.29) is 11.6 Å². The first-order chi connectivity index (χ1) is 13.5. The maximum absolute atomic E-state index is 12.7. The normalized spacial score (nSPS) is 11.1. The lowest BCUT2D eigenvalue weighted by molar-refractivity contribution is -0.117. The fraction of sp³-hybridized carbons (Fsp3) is 0.130. The Balaban J connectivity index is 1.74. The van der Waals surface area contributed by atoms with Crippen LogP contribution >= 0.6 is 0 Å². The molecule has 5 heteroatoms. The molecule has 3 aromatic rings. The van der Waals surface area contributed by atoms with Crippen molar-refractivity contribution in [2.24, 2.45) is 0 Å². The van der Waals surface area contributed by atoms with Crippen LogP contribution in [0, 0.1) is 13.8 Å². The van der Waals surface area contributed by atoms with Crippen molar-refractivity contribution >= 4 is 17.9 Å². The second-order valence-corrected chi connectivity index (χ2v) is 6.56. The van der Waals surface area contributed by atoms with Gasteiger partial charge in [-0.05, 0) is 43.7 Å². The van der Waals surface area contributed by atoms with Gasteiger partial charge in [0, 0.05) is 18.2 Å². The fourth-order valence-electron chi connectivity index (χ4n) is 2.56. The SMILES string of the molecule is Cc1ccc(CNC(=O)/C(=C/c2ccco2)NC(=O)c2ccc(C)cc2)cc1. The summed E-state index contributed by atoms with van der Waals surface area (Å²) in [6, 6.07) is 18.5. The van der Waals surface area contributed by atoms with Gasteiger partial charge >= 0.3 is 0 Å². The number of hydrogen-bond acceptors (Lipinski definition) is 3. The minimum atomic E-state index is -0.391. The first-order valence-corrected chi connectivity index (χ1v) is 8.98. The summed E-state index contributed by atoms with van der Waals surface area (Å²) >= 11 is 0. The Labute approximate surface area is 164 Å². The van der Waals surface area contributed by atoms with Gasteiger partial charge in [0.25, 0.3) is 11.8 Å². The Bertz CT molecular complexity index is 970. The summed E-state index contributed by atoms with van der Waals surface area (Å²) in [7, 11) is 0. The topological polar surface area (TPSA) is 71.3 Å². The van der Waals surface area contributed by atoms with Crippen molar-refractivity contribution in [2.45, 2.75) is 20.4 Å². The van der Waals surface area contributed by atoms with Crippen molar-refractivity contribution < 1.29 is 14.0 Å². The quantitative estimate of drug-likeness (QED) is 0.641. The largest absolute Gasteiger partial charge is 0.465 e. The van der Waals surface area contributed by atoms with Crippen LogP contribution in [0.25, 0.3) is 6.08 Å². The number of carbonyl (C=O) groups is 2. The Morgan fingerprint density at radius 2 is 1.57 bits per heavy atom. The molecule has 0 bridgehead atoms. The van der Waals surface area contributed by atoms with Gasteiger partial charge in [0.2, 0.25) is 0 Å². The van der Waals surface area contributed by atoms with E-state index in [0.29, 0.717) is 17.9 Å². The van der Waals surface area contributed by atoms with Crippen LogP contribution in [0.4, 0.5) is 0 Å². The molecule has 0 saturated heterocycles. The summed E-state index contributed by atoms with van der Waals surface area (Å²) in [4.78, 5) is 25.2. The average Bonchev–Trinajstić information content (AvgIpc) is 3.20. The van der Waals surface area contributed by atoms with Crippen LogP contribution in [0.1, 0.15) is 32.8 Å². The Hall–Kier alpha value is -3.60. The predicted octanol–water partition coefficient (Wildman–Crippen LogP) is 3.98. The number of nitrogens with one attached hydrogen (secondary N) is 2. The van der Waals surface area contributed by atoms with Crippen molar-refractivity contribution in [1.82, 2.24) is 10.6 Å². The number of benzene rings is 2. The van der Waals surface area contributed by atoms with Gasteiger partial charge in [-0.2, -0.15) is 0 Å². The van der Waals surface area contributed by atoms with Gasteiger partial charge in [-0.3, -0.25) is 9.59 Å². The summed E-state index contributed by atoms with van der Waals surface area (Å²) in [5.74, 6) is -0.273. The molecule has 0 aliphatic carbocycles. The molecule has 1 aromatic heterocycles. The van der Waals surface area contributed by atoms with Crippen molar-refractivity contribution in [3.05, 3.63) is 101 Å². The van der Waals surface area contributed by atoms with Crippen molar-refractivity contribution in [2.75, 3.05) is 0 Å².